The fourth-order valence-electron chi connectivity index (χ4n) is 2.10. The van der Waals surface area contributed by atoms with Crippen LogP contribution < -0.4 is 10.1 Å². The number of carbonyl (C=O) groups is 1. The molecule has 1 unspecified atom stereocenters. The molecule has 1 aromatic heterocycles. The average molecular weight is 409 g/mol. The number of ether oxygens (including phenoxy) is 1. The van der Waals surface area contributed by atoms with Crippen molar-refractivity contribution < 1.29 is 9.53 Å². The summed E-state index contributed by atoms with van der Waals surface area (Å²) in [6, 6.07) is 2.79. The summed E-state index contributed by atoms with van der Waals surface area (Å²) in [4.78, 5) is 14.9. The van der Waals surface area contributed by atoms with Crippen molar-refractivity contribution in [3.8, 4) is 5.75 Å². The van der Waals surface area contributed by atoms with E-state index < -0.39 is 0 Å². The maximum absolute atomic E-state index is 12.1. The number of amides is 1. The smallest absolute Gasteiger partial charge is 0.327 e. The van der Waals surface area contributed by atoms with Gasteiger partial charge in [-0.3, -0.25) is 0 Å². The lowest BCUT2D eigenvalue weighted by Crippen LogP contribution is -2.37. The predicted octanol–water partition coefficient (Wildman–Crippen LogP) is 5.31. The van der Waals surface area contributed by atoms with Gasteiger partial charge in [0, 0.05) is 17.4 Å². The van der Waals surface area contributed by atoms with E-state index in [1.54, 1.807) is 24.5 Å². The van der Waals surface area contributed by atoms with Crippen LogP contribution in [-0.2, 0) is 0 Å². The number of hydrogen-bond donors (Lipinski definition) is 2. The third-order valence-corrected chi connectivity index (χ3v) is 4.30. The molecule has 1 heterocycles. The maximum atomic E-state index is 12.1. The summed E-state index contributed by atoms with van der Waals surface area (Å²) in [7, 11) is 0. The van der Waals surface area contributed by atoms with Crippen molar-refractivity contribution in [2.75, 3.05) is 6.54 Å². The first-order valence-electron chi connectivity index (χ1n) is 7.27. The molecule has 5 nitrogen and oxygen atoms in total. The molecule has 0 fully saturated rings. The molecule has 1 atom stereocenters. The topological polar surface area (TPSA) is 59.0 Å². The number of nitrogens with one attached hydrogen (secondary N) is 2. The summed E-state index contributed by atoms with van der Waals surface area (Å²) in [5.41, 5.74) is 0. The molecule has 130 valence electrons. The minimum atomic E-state index is -0.334. The highest BCUT2D eigenvalue weighted by Gasteiger charge is 2.17. The van der Waals surface area contributed by atoms with Crippen molar-refractivity contribution in [2.45, 2.75) is 25.9 Å². The van der Waals surface area contributed by atoms with Gasteiger partial charge in [-0.25, -0.2) is 9.36 Å². The lowest BCUT2D eigenvalue weighted by molar-refractivity contribution is 0.184. The second-order valence-electron chi connectivity index (χ2n) is 5.05. The fraction of sp³-hybridized carbons (Fsp3) is 0.333. The molecule has 2 aromatic rings. The number of aromatic amines is 1. The Morgan fingerprint density at radius 1 is 1.38 bits per heavy atom. The van der Waals surface area contributed by atoms with Crippen LogP contribution in [0.25, 0.3) is 0 Å². The number of nitrogens with zero attached hydrogens (tertiary/aromatic N) is 1. The Kier molecular flexibility index (Phi) is 6.98. The number of benzene rings is 1. The monoisotopic (exact) mass is 407 g/mol. The van der Waals surface area contributed by atoms with Gasteiger partial charge in [0.1, 0.15) is 6.10 Å². The van der Waals surface area contributed by atoms with Crippen molar-refractivity contribution in [2.24, 2.45) is 0 Å². The molecule has 24 heavy (non-hydrogen) atoms. The van der Waals surface area contributed by atoms with Crippen LogP contribution in [0.4, 0.5) is 4.79 Å². The van der Waals surface area contributed by atoms with Gasteiger partial charge in [-0.05, 0) is 30.8 Å². The average Bonchev–Trinajstić information content (AvgIpc) is 2.94. The first-order chi connectivity index (χ1) is 11.4. The third-order valence-electron chi connectivity index (χ3n) is 3.21. The van der Waals surface area contributed by atoms with Gasteiger partial charge in [0.15, 0.2) is 10.5 Å². The molecule has 2 rings (SSSR count). The number of rotatable bonds is 6. The number of aromatic nitrogens is 2. The molecule has 0 saturated heterocycles. The molecule has 9 heteroatoms. The third kappa shape index (κ3) is 4.89. The quantitative estimate of drug-likeness (QED) is 0.637. The van der Waals surface area contributed by atoms with Crippen LogP contribution in [-0.4, -0.2) is 28.2 Å². The Labute approximate surface area is 159 Å². The zero-order valence-electron chi connectivity index (χ0n) is 12.8. The molecule has 2 N–H and O–H groups in total. The van der Waals surface area contributed by atoms with Gasteiger partial charge in [-0.1, -0.05) is 48.1 Å². The first-order valence-corrected chi connectivity index (χ1v) is 8.82. The number of imidazole rings is 1. The van der Waals surface area contributed by atoms with Gasteiger partial charge in [0.05, 0.1) is 16.6 Å². The van der Waals surface area contributed by atoms with E-state index in [-0.39, 0.29) is 18.7 Å². The number of H-pyrrole nitrogens is 1. The summed E-state index contributed by atoms with van der Waals surface area (Å²) in [6.07, 6.45) is 4.44. The Balaban J connectivity index is 2.06. The first kappa shape index (κ1) is 19.1. The highest BCUT2D eigenvalue weighted by atomic mass is 35.5. The summed E-state index contributed by atoms with van der Waals surface area (Å²) < 4.78 is 7.52. The van der Waals surface area contributed by atoms with Crippen LogP contribution in [0.15, 0.2) is 24.5 Å². The van der Waals surface area contributed by atoms with Crippen LogP contribution in [0.2, 0.25) is 15.1 Å². The van der Waals surface area contributed by atoms with E-state index in [9.17, 15) is 4.79 Å². The van der Waals surface area contributed by atoms with Gasteiger partial charge in [-0.2, -0.15) is 0 Å². The van der Waals surface area contributed by atoms with Crippen molar-refractivity contribution in [3.63, 3.8) is 0 Å². The van der Waals surface area contributed by atoms with Gasteiger partial charge < -0.3 is 15.0 Å². The number of halogens is 3. The molecular formula is C15H16Cl3N3O2S. The molecular weight excluding hydrogens is 393 g/mol. The Hall–Kier alpha value is -1.21. The van der Waals surface area contributed by atoms with Crippen molar-refractivity contribution in [3.05, 3.63) is 44.4 Å². The molecule has 0 bridgehead atoms. The van der Waals surface area contributed by atoms with Gasteiger partial charge in [0.25, 0.3) is 0 Å². The van der Waals surface area contributed by atoms with E-state index in [4.69, 9.17) is 51.8 Å². The van der Waals surface area contributed by atoms with Crippen LogP contribution >= 0.6 is 47.0 Å². The maximum Gasteiger partial charge on any atom is 0.327 e. The molecule has 0 aliphatic heterocycles. The van der Waals surface area contributed by atoms with E-state index in [1.165, 1.54) is 4.57 Å². The Morgan fingerprint density at radius 2 is 2.04 bits per heavy atom. The minimum absolute atomic E-state index is 0.287. The standard InChI is InChI=1S/C15H16Cl3N3O2S/c1-2-3-10(8-20-14(22)21-5-4-19-15(21)24)23-13-11(17)6-9(16)7-12(13)18/h4-7,10H,2-3,8H2,1H3,(H,19,24)(H,20,22). The predicted molar refractivity (Wildman–Crippen MR) is 99.2 cm³/mol. The van der Waals surface area contributed by atoms with E-state index in [2.05, 4.69) is 10.3 Å². The molecule has 1 aromatic carbocycles. The molecule has 0 aliphatic carbocycles. The molecule has 0 spiro atoms. The molecule has 0 aliphatic rings. The largest absolute Gasteiger partial charge is 0.485 e. The van der Waals surface area contributed by atoms with E-state index in [0.717, 1.165) is 6.42 Å². The van der Waals surface area contributed by atoms with Gasteiger partial charge in [0.2, 0.25) is 0 Å². The van der Waals surface area contributed by atoms with Crippen molar-refractivity contribution >= 4 is 53.1 Å². The van der Waals surface area contributed by atoms with Crippen LogP contribution in [0, 0.1) is 4.77 Å². The Morgan fingerprint density at radius 3 is 2.58 bits per heavy atom. The summed E-state index contributed by atoms with van der Waals surface area (Å²) in [6.45, 7) is 2.31. The fourth-order valence-corrected chi connectivity index (χ4v) is 3.22. The van der Waals surface area contributed by atoms with Gasteiger partial charge >= 0.3 is 6.03 Å². The summed E-state index contributed by atoms with van der Waals surface area (Å²) in [5.74, 6) is 0.355. The van der Waals surface area contributed by atoms with Gasteiger partial charge in [-0.15, -0.1) is 0 Å². The van der Waals surface area contributed by atoms with Crippen LogP contribution in [0.3, 0.4) is 0 Å². The highest BCUT2D eigenvalue weighted by molar-refractivity contribution is 7.71. The summed E-state index contributed by atoms with van der Waals surface area (Å²) in [5, 5.41) is 3.86. The minimum Gasteiger partial charge on any atom is -0.485 e. The normalized spacial score (nSPS) is 12.0. The zero-order chi connectivity index (χ0) is 17.7. The van der Waals surface area contributed by atoms with Crippen molar-refractivity contribution in [1.82, 2.24) is 14.9 Å². The second kappa shape index (κ2) is 8.76. The Bertz CT molecular complexity index is 752. The second-order valence-corrected chi connectivity index (χ2v) is 6.69. The van der Waals surface area contributed by atoms with E-state index >= 15 is 0 Å². The molecule has 0 saturated carbocycles. The van der Waals surface area contributed by atoms with E-state index in [1.807, 2.05) is 6.92 Å². The lowest BCUT2D eigenvalue weighted by atomic mass is 10.2. The molecule has 1 amide bonds. The van der Waals surface area contributed by atoms with Crippen molar-refractivity contribution in [1.29, 1.82) is 0 Å². The highest BCUT2D eigenvalue weighted by Crippen LogP contribution is 2.36. The molecule has 0 radical (unpaired) electrons. The number of carbonyl (C=O) groups excluding carboxylic acids is 1. The summed E-state index contributed by atoms with van der Waals surface area (Å²) >= 11 is 23.2. The zero-order valence-corrected chi connectivity index (χ0v) is 15.9. The SMILES string of the molecule is CCCC(CNC(=O)n1cc[nH]c1=S)Oc1c(Cl)cc(Cl)cc1Cl. The number of hydrogen-bond acceptors (Lipinski definition) is 3. The van der Waals surface area contributed by atoms with E-state index in [0.29, 0.717) is 32.0 Å². The lowest BCUT2D eigenvalue weighted by Gasteiger charge is -2.21. The van der Waals surface area contributed by atoms with Crippen LogP contribution in [0.1, 0.15) is 19.8 Å². The van der Waals surface area contributed by atoms with Crippen LogP contribution in [0.5, 0.6) is 5.75 Å².